The normalized spacial score (nSPS) is 28.7. The van der Waals surface area contributed by atoms with Crippen LogP contribution in [0.25, 0.3) is 0 Å². The lowest BCUT2D eigenvalue weighted by Crippen LogP contribution is -2.58. The summed E-state index contributed by atoms with van der Waals surface area (Å²) in [6.45, 7) is 1.78. The molecular formula is C14H23F3N2O3. The summed E-state index contributed by atoms with van der Waals surface area (Å²) in [6.07, 6.45) is -2.79. The average Bonchev–Trinajstić information content (AvgIpc) is 2.96. The Labute approximate surface area is 127 Å². The quantitative estimate of drug-likeness (QED) is 0.833. The molecule has 2 N–H and O–H groups in total. The fraction of sp³-hybridized carbons (Fsp3) is 0.929. The molecule has 2 amide bonds. The number of nitrogens with one attached hydrogen (secondary N) is 1. The third-order valence-electron chi connectivity index (χ3n) is 4.32. The topological polar surface area (TPSA) is 61.8 Å². The molecule has 0 aromatic carbocycles. The van der Waals surface area contributed by atoms with Gasteiger partial charge in [-0.1, -0.05) is 12.8 Å². The predicted octanol–water partition coefficient (Wildman–Crippen LogP) is 1.90. The van der Waals surface area contributed by atoms with E-state index < -0.39 is 30.3 Å². The van der Waals surface area contributed by atoms with Crippen molar-refractivity contribution in [3.63, 3.8) is 0 Å². The van der Waals surface area contributed by atoms with Crippen LogP contribution >= 0.6 is 0 Å². The minimum atomic E-state index is -4.45. The van der Waals surface area contributed by atoms with Gasteiger partial charge in [0, 0.05) is 6.54 Å². The van der Waals surface area contributed by atoms with Crippen molar-refractivity contribution in [2.45, 2.75) is 57.0 Å². The van der Waals surface area contributed by atoms with Crippen LogP contribution in [0, 0.1) is 5.92 Å². The van der Waals surface area contributed by atoms with Crippen LogP contribution in [0.4, 0.5) is 18.0 Å². The van der Waals surface area contributed by atoms with E-state index in [1.54, 1.807) is 6.92 Å². The zero-order valence-corrected chi connectivity index (χ0v) is 12.6. The number of aliphatic hydroxyl groups is 1. The molecule has 1 aliphatic heterocycles. The van der Waals surface area contributed by atoms with E-state index in [9.17, 15) is 18.0 Å². The Morgan fingerprint density at radius 3 is 2.55 bits per heavy atom. The van der Waals surface area contributed by atoms with E-state index in [-0.39, 0.29) is 25.8 Å². The number of halogens is 3. The predicted molar refractivity (Wildman–Crippen MR) is 73.3 cm³/mol. The number of rotatable bonds is 3. The zero-order valence-electron chi connectivity index (χ0n) is 12.6. The summed E-state index contributed by atoms with van der Waals surface area (Å²) >= 11 is 0. The Hall–Kier alpha value is -1.02. The van der Waals surface area contributed by atoms with E-state index in [2.05, 4.69) is 5.32 Å². The van der Waals surface area contributed by atoms with E-state index in [4.69, 9.17) is 9.84 Å². The fourth-order valence-corrected chi connectivity index (χ4v) is 3.29. The van der Waals surface area contributed by atoms with Crippen molar-refractivity contribution in [3.8, 4) is 0 Å². The second-order valence-corrected chi connectivity index (χ2v) is 6.17. The maximum Gasteiger partial charge on any atom is 0.408 e. The van der Waals surface area contributed by atoms with E-state index >= 15 is 0 Å². The highest BCUT2D eigenvalue weighted by atomic mass is 19.4. The summed E-state index contributed by atoms with van der Waals surface area (Å²) in [6, 6.07) is -2.53. The van der Waals surface area contributed by atoms with Gasteiger partial charge >= 0.3 is 12.2 Å². The maximum atomic E-state index is 13.2. The summed E-state index contributed by atoms with van der Waals surface area (Å²) in [4.78, 5) is 13.5. The lowest BCUT2D eigenvalue weighted by molar-refractivity contribution is -0.165. The van der Waals surface area contributed by atoms with Gasteiger partial charge in [0.15, 0.2) is 0 Å². The van der Waals surface area contributed by atoms with Crippen molar-refractivity contribution in [1.82, 2.24) is 10.2 Å². The number of aliphatic hydroxyl groups excluding tert-OH is 1. The van der Waals surface area contributed by atoms with E-state index in [1.807, 2.05) is 0 Å². The number of hydrogen-bond acceptors (Lipinski definition) is 3. The summed E-state index contributed by atoms with van der Waals surface area (Å²) < 4.78 is 45.1. The minimum absolute atomic E-state index is 0.0991. The van der Waals surface area contributed by atoms with Crippen LogP contribution in [0.1, 0.15) is 32.6 Å². The molecule has 3 atom stereocenters. The molecule has 2 rings (SSSR count). The first kappa shape index (κ1) is 17.3. The van der Waals surface area contributed by atoms with Crippen molar-refractivity contribution in [1.29, 1.82) is 0 Å². The molecule has 0 aromatic heterocycles. The van der Waals surface area contributed by atoms with E-state index in [0.717, 1.165) is 12.8 Å². The number of alkyl halides is 3. The number of hydrogen-bond donors (Lipinski definition) is 2. The summed E-state index contributed by atoms with van der Waals surface area (Å²) in [5.41, 5.74) is 0. The first-order valence-electron chi connectivity index (χ1n) is 7.69. The second kappa shape index (κ2) is 7.04. The summed E-state index contributed by atoms with van der Waals surface area (Å²) in [5, 5.41) is 11.3. The van der Waals surface area contributed by atoms with Crippen molar-refractivity contribution >= 4 is 6.03 Å². The van der Waals surface area contributed by atoms with Crippen LogP contribution in [-0.2, 0) is 4.74 Å². The number of ether oxygens (including phenoxy) is 1. The highest BCUT2D eigenvalue weighted by Gasteiger charge is 2.47. The molecule has 22 heavy (non-hydrogen) atoms. The molecule has 8 heteroatoms. The third-order valence-corrected chi connectivity index (χ3v) is 4.32. The van der Waals surface area contributed by atoms with Crippen LogP contribution in [-0.4, -0.2) is 60.2 Å². The number of carbonyl (C=O) groups excluding carboxylic acids is 1. The van der Waals surface area contributed by atoms with Gasteiger partial charge in [-0.05, 0) is 25.7 Å². The van der Waals surface area contributed by atoms with Crippen molar-refractivity contribution in [3.05, 3.63) is 0 Å². The molecule has 0 aromatic rings. The molecule has 2 aliphatic rings. The van der Waals surface area contributed by atoms with Gasteiger partial charge < -0.3 is 20.1 Å². The van der Waals surface area contributed by atoms with Crippen LogP contribution < -0.4 is 5.32 Å². The number of morpholine rings is 1. The molecular weight excluding hydrogens is 301 g/mol. The number of nitrogens with zero attached hydrogens (tertiary/aromatic N) is 1. The zero-order chi connectivity index (χ0) is 16.3. The SMILES string of the molecule is C[C@@H]1CN(C(=O)N[C@@H](C2CCCC2)C(F)(F)F)C[C@H](CO)O1. The van der Waals surface area contributed by atoms with Crippen molar-refractivity contribution < 1.29 is 27.8 Å². The maximum absolute atomic E-state index is 13.2. The van der Waals surface area contributed by atoms with Crippen LogP contribution in [0.5, 0.6) is 0 Å². The van der Waals surface area contributed by atoms with Crippen LogP contribution in [0.15, 0.2) is 0 Å². The van der Waals surface area contributed by atoms with Crippen molar-refractivity contribution in [2.24, 2.45) is 5.92 Å². The van der Waals surface area contributed by atoms with Gasteiger partial charge in [0.2, 0.25) is 0 Å². The van der Waals surface area contributed by atoms with Crippen LogP contribution in [0.2, 0.25) is 0 Å². The second-order valence-electron chi connectivity index (χ2n) is 6.17. The Bertz CT molecular complexity index is 386. The molecule has 0 spiro atoms. The smallest absolute Gasteiger partial charge is 0.394 e. The highest BCUT2D eigenvalue weighted by molar-refractivity contribution is 5.74. The van der Waals surface area contributed by atoms with Gasteiger partial charge in [0.25, 0.3) is 0 Å². The lowest BCUT2D eigenvalue weighted by Gasteiger charge is -2.37. The van der Waals surface area contributed by atoms with Gasteiger partial charge in [-0.3, -0.25) is 0 Å². The molecule has 1 aliphatic carbocycles. The number of urea groups is 1. The summed E-state index contributed by atoms with van der Waals surface area (Å²) in [5.74, 6) is -0.545. The van der Waals surface area contributed by atoms with Gasteiger partial charge in [-0.2, -0.15) is 13.2 Å². The van der Waals surface area contributed by atoms with E-state index in [0.29, 0.717) is 12.8 Å². The molecule has 1 heterocycles. The minimum Gasteiger partial charge on any atom is -0.394 e. The number of amides is 2. The lowest BCUT2D eigenvalue weighted by atomic mass is 9.98. The van der Waals surface area contributed by atoms with Gasteiger partial charge in [-0.15, -0.1) is 0 Å². The highest BCUT2D eigenvalue weighted by Crippen LogP contribution is 2.35. The molecule has 0 bridgehead atoms. The molecule has 0 unspecified atom stereocenters. The molecule has 1 saturated carbocycles. The summed E-state index contributed by atoms with van der Waals surface area (Å²) in [7, 11) is 0. The Morgan fingerprint density at radius 2 is 2.00 bits per heavy atom. The first-order chi connectivity index (χ1) is 10.3. The van der Waals surface area contributed by atoms with Crippen molar-refractivity contribution in [2.75, 3.05) is 19.7 Å². The Balaban J connectivity index is 2.01. The van der Waals surface area contributed by atoms with Gasteiger partial charge in [-0.25, -0.2) is 4.79 Å². The molecule has 1 saturated heterocycles. The largest absolute Gasteiger partial charge is 0.408 e. The molecule has 128 valence electrons. The molecule has 5 nitrogen and oxygen atoms in total. The third kappa shape index (κ3) is 4.25. The first-order valence-corrected chi connectivity index (χ1v) is 7.69. The number of carbonyl (C=O) groups is 1. The van der Waals surface area contributed by atoms with Gasteiger partial charge in [0.1, 0.15) is 6.04 Å². The molecule has 0 radical (unpaired) electrons. The molecule has 2 fully saturated rings. The van der Waals surface area contributed by atoms with E-state index in [1.165, 1.54) is 4.90 Å². The average molecular weight is 324 g/mol. The monoisotopic (exact) mass is 324 g/mol. The van der Waals surface area contributed by atoms with Gasteiger partial charge in [0.05, 0.1) is 25.4 Å². The standard InChI is InChI=1S/C14H23F3N2O3/c1-9-6-19(7-11(8-20)22-9)13(21)18-12(14(15,16)17)10-4-2-3-5-10/h9-12,20H,2-8H2,1H3,(H,18,21)/t9-,11-,12+/m1/s1. The Morgan fingerprint density at radius 1 is 1.36 bits per heavy atom. The van der Waals surface area contributed by atoms with Crippen LogP contribution in [0.3, 0.4) is 0 Å². The fourth-order valence-electron chi connectivity index (χ4n) is 3.29. The Kier molecular flexibility index (Phi) is 5.55.